The lowest BCUT2D eigenvalue weighted by atomic mass is 10.1. The largest absolute Gasteiger partial charge is 0.367 e. The Labute approximate surface area is 167 Å². The van der Waals surface area contributed by atoms with Crippen molar-refractivity contribution in [2.45, 2.75) is 39.2 Å². The topological polar surface area (TPSA) is 35.9 Å². The number of aliphatic imine (C=N–C) groups is 1. The standard InChI is InChI=1S/C24H27N3O/c1-2-26(18-20-9-5-3-6-10-20)21-14-12-19(13-15-21)17-22-24(28)27-16-8-4-7-11-23(27)25-22/h3,5-6,9-10,12-15,17H,2,4,7-8,11,16,18H2,1H3/b22-17-. The van der Waals surface area contributed by atoms with Gasteiger partial charge in [0.25, 0.3) is 5.91 Å². The number of carbonyl (C=O) groups is 1. The molecule has 0 spiro atoms. The Bertz CT molecular complexity index is 884. The number of benzene rings is 2. The molecule has 2 heterocycles. The van der Waals surface area contributed by atoms with E-state index in [0.29, 0.717) is 5.70 Å². The highest BCUT2D eigenvalue weighted by Crippen LogP contribution is 2.25. The maximum atomic E-state index is 12.7. The molecule has 1 saturated heterocycles. The molecule has 2 aromatic rings. The lowest BCUT2D eigenvalue weighted by molar-refractivity contribution is -0.122. The van der Waals surface area contributed by atoms with E-state index in [1.807, 2.05) is 17.0 Å². The van der Waals surface area contributed by atoms with Gasteiger partial charge in [-0.2, -0.15) is 0 Å². The first-order chi connectivity index (χ1) is 13.7. The number of rotatable bonds is 5. The summed E-state index contributed by atoms with van der Waals surface area (Å²) in [6.07, 6.45) is 6.20. The average molecular weight is 374 g/mol. The zero-order chi connectivity index (χ0) is 19.3. The van der Waals surface area contributed by atoms with Crippen molar-refractivity contribution in [3.05, 3.63) is 71.4 Å². The molecule has 0 unspecified atom stereocenters. The number of anilines is 1. The summed E-state index contributed by atoms with van der Waals surface area (Å²) in [6.45, 7) is 4.80. The van der Waals surface area contributed by atoms with Crippen molar-refractivity contribution in [3.63, 3.8) is 0 Å². The Balaban J connectivity index is 1.50. The predicted octanol–water partition coefficient (Wildman–Crippen LogP) is 4.87. The molecule has 0 aromatic heterocycles. The smallest absolute Gasteiger partial charge is 0.277 e. The lowest BCUT2D eigenvalue weighted by Gasteiger charge is -2.23. The third kappa shape index (κ3) is 4.01. The van der Waals surface area contributed by atoms with Crippen LogP contribution in [0.15, 0.2) is 65.3 Å². The third-order valence-corrected chi connectivity index (χ3v) is 5.47. The van der Waals surface area contributed by atoms with Gasteiger partial charge < -0.3 is 4.90 Å². The van der Waals surface area contributed by atoms with Gasteiger partial charge in [0.2, 0.25) is 0 Å². The number of amides is 1. The van der Waals surface area contributed by atoms with Crippen LogP contribution in [0.25, 0.3) is 6.08 Å². The average Bonchev–Trinajstić information content (AvgIpc) is 2.89. The third-order valence-electron chi connectivity index (χ3n) is 5.47. The van der Waals surface area contributed by atoms with Gasteiger partial charge in [0, 0.05) is 31.7 Å². The SMILES string of the molecule is CCN(Cc1ccccc1)c1ccc(/C=C2\N=C3CCCCCN3C2=O)cc1. The highest BCUT2D eigenvalue weighted by Gasteiger charge is 2.30. The van der Waals surface area contributed by atoms with Crippen LogP contribution in [0, 0.1) is 0 Å². The van der Waals surface area contributed by atoms with E-state index >= 15 is 0 Å². The van der Waals surface area contributed by atoms with Gasteiger partial charge >= 0.3 is 0 Å². The molecule has 0 radical (unpaired) electrons. The molecule has 4 rings (SSSR count). The van der Waals surface area contributed by atoms with Crippen LogP contribution in [0.4, 0.5) is 5.69 Å². The fourth-order valence-corrected chi connectivity index (χ4v) is 3.88. The summed E-state index contributed by atoms with van der Waals surface area (Å²) >= 11 is 0. The molecule has 28 heavy (non-hydrogen) atoms. The number of hydrogen-bond acceptors (Lipinski definition) is 3. The Hall–Kier alpha value is -2.88. The van der Waals surface area contributed by atoms with Crippen molar-refractivity contribution < 1.29 is 4.79 Å². The molecule has 1 amide bonds. The Morgan fingerprint density at radius 2 is 1.82 bits per heavy atom. The quantitative estimate of drug-likeness (QED) is 0.701. The minimum Gasteiger partial charge on any atom is -0.367 e. The fraction of sp³-hybridized carbons (Fsp3) is 0.333. The number of nitrogens with zero attached hydrogens (tertiary/aromatic N) is 3. The maximum Gasteiger partial charge on any atom is 0.277 e. The van der Waals surface area contributed by atoms with Gasteiger partial charge in [-0.25, -0.2) is 4.99 Å². The molecular weight excluding hydrogens is 346 g/mol. The number of amidine groups is 1. The Morgan fingerprint density at radius 3 is 2.57 bits per heavy atom. The first-order valence-electron chi connectivity index (χ1n) is 10.2. The minimum absolute atomic E-state index is 0.0558. The number of carbonyl (C=O) groups excluding carboxylic acids is 1. The highest BCUT2D eigenvalue weighted by atomic mass is 16.2. The summed E-state index contributed by atoms with van der Waals surface area (Å²) < 4.78 is 0. The molecule has 2 aliphatic rings. The Kier molecular flexibility index (Phi) is 5.56. The van der Waals surface area contributed by atoms with E-state index in [4.69, 9.17) is 0 Å². The first kappa shape index (κ1) is 18.5. The first-order valence-corrected chi connectivity index (χ1v) is 10.2. The predicted molar refractivity (Wildman–Crippen MR) is 115 cm³/mol. The lowest BCUT2D eigenvalue weighted by Crippen LogP contribution is -2.31. The van der Waals surface area contributed by atoms with Crippen LogP contribution >= 0.6 is 0 Å². The van der Waals surface area contributed by atoms with E-state index in [1.165, 1.54) is 17.7 Å². The van der Waals surface area contributed by atoms with Gasteiger partial charge in [0.15, 0.2) is 0 Å². The maximum absolute atomic E-state index is 12.7. The molecule has 0 aliphatic carbocycles. The van der Waals surface area contributed by atoms with E-state index in [9.17, 15) is 4.79 Å². The van der Waals surface area contributed by atoms with Gasteiger partial charge in [-0.3, -0.25) is 9.69 Å². The minimum atomic E-state index is 0.0558. The second-order valence-electron chi connectivity index (χ2n) is 7.42. The second-order valence-corrected chi connectivity index (χ2v) is 7.42. The van der Waals surface area contributed by atoms with Crippen LogP contribution in [0.2, 0.25) is 0 Å². The second kappa shape index (κ2) is 8.42. The molecule has 2 aromatic carbocycles. The molecule has 0 saturated carbocycles. The van der Waals surface area contributed by atoms with E-state index in [-0.39, 0.29) is 5.91 Å². The number of hydrogen-bond donors (Lipinski definition) is 0. The number of fused-ring (bicyclic) bond motifs is 1. The van der Waals surface area contributed by atoms with Gasteiger partial charge in [-0.1, -0.05) is 48.9 Å². The van der Waals surface area contributed by atoms with Crippen molar-refractivity contribution >= 4 is 23.5 Å². The molecule has 0 atom stereocenters. The van der Waals surface area contributed by atoms with E-state index < -0.39 is 0 Å². The van der Waals surface area contributed by atoms with Crippen LogP contribution in [0.1, 0.15) is 43.7 Å². The zero-order valence-electron chi connectivity index (χ0n) is 16.5. The van der Waals surface area contributed by atoms with Gasteiger partial charge in [-0.05, 0) is 49.1 Å². The zero-order valence-corrected chi connectivity index (χ0v) is 16.5. The summed E-state index contributed by atoms with van der Waals surface area (Å²) in [6, 6.07) is 18.9. The molecular formula is C24H27N3O. The molecule has 4 nitrogen and oxygen atoms in total. The summed E-state index contributed by atoms with van der Waals surface area (Å²) in [5.41, 5.74) is 4.08. The van der Waals surface area contributed by atoms with Crippen LogP contribution in [0.5, 0.6) is 0 Å². The van der Waals surface area contributed by atoms with Gasteiger partial charge in [0.05, 0.1) is 0 Å². The van der Waals surface area contributed by atoms with Crippen molar-refractivity contribution in [1.29, 1.82) is 0 Å². The van der Waals surface area contributed by atoms with Gasteiger partial charge in [0.1, 0.15) is 11.5 Å². The molecule has 4 heteroatoms. The monoisotopic (exact) mass is 373 g/mol. The van der Waals surface area contributed by atoms with E-state index in [0.717, 1.165) is 50.3 Å². The van der Waals surface area contributed by atoms with Crippen molar-refractivity contribution in [2.24, 2.45) is 4.99 Å². The summed E-state index contributed by atoms with van der Waals surface area (Å²) in [7, 11) is 0. The Morgan fingerprint density at radius 1 is 1.04 bits per heavy atom. The summed E-state index contributed by atoms with van der Waals surface area (Å²) in [5, 5.41) is 0. The van der Waals surface area contributed by atoms with E-state index in [1.54, 1.807) is 0 Å². The van der Waals surface area contributed by atoms with Crippen LogP contribution in [0.3, 0.4) is 0 Å². The normalized spacial score (nSPS) is 18.0. The molecule has 0 N–H and O–H groups in total. The summed E-state index contributed by atoms with van der Waals surface area (Å²) in [4.78, 5) is 21.5. The van der Waals surface area contributed by atoms with Gasteiger partial charge in [-0.15, -0.1) is 0 Å². The van der Waals surface area contributed by atoms with Crippen molar-refractivity contribution in [3.8, 4) is 0 Å². The van der Waals surface area contributed by atoms with Crippen LogP contribution < -0.4 is 4.90 Å². The fourth-order valence-electron chi connectivity index (χ4n) is 3.88. The highest BCUT2D eigenvalue weighted by molar-refractivity contribution is 6.14. The van der Waals surface area contributed by atoms with Crippen LogP contribution in [-0.2, 0) is 11.3 Å². The van der Waals surface area contributed by atoms with E-state index in [2.05, 4.69) is 65.3 Å². The molecule has 0 bridgehead atoms. The molecule has 2 aliphatic heterocycles. The van der Waals surface area contributed by atoms with Crippen LogP contribution in [-0.4, -0.2) is 29.7 Å². The van der Waals surface area contributed by atoms with Crippen molar-refractivity contribution in [2.75, 3.05) is 18.0 Å². The van der Waals surface area contributed by atoms with Crippen molar-refractivity contribution in [1.82, 2.24) is 4.90 Å². The molecule has 1 fully saturated rings. The molecule has 144 valence electrons. The summed E-state index contributed by atoms with van der Waals surface area (Å²) in [5.74, 6) is 1.01.